The maximum atomic E-state index is 8.98. The lowest BCUT2D eigenvalue weighted by Gasteiger charge is -2.14. The largest absolute Gasteiger partial charge is 0.392 e. The number of hydrogen-bond acceptors (Lipinski definition) is 2. The number of ether oxygens (including phenoxy) is 1. The molecule has 0 aromatic heterocycles. The Balaban J connectivity index is 2.30. The molecule has 0 atom stereocenters. The van der Waals surface area contributed by atoms with E-state index in [0.29, 0.717) is 0 Å². The van der Waals surface area contributed by atoms with Crippen molar-refractivity contribution in [2.45, 2.75) is 25.0 Å². The molecule has 1 aromatic rings. The highest BCUT2D eigenvalue weighted by Gasteiger charge is 2.44. The zero-order chi connectivity index (χ0) is 9.31. The summed E-state index contributed by atoms with van der Waals surface area (Å²) in [5.74, 6) is 0. The van der Waals surface area contributed by atoms with Crippen LogP contribution in [0.25, 0.3) is 0 Å². The maximum absolute atomic E-state index is 8.98. The van der Waals surface area contributed by atoms with Crippen molar-refractivity contribution in [1.82, 2.24) is 0 Å². The first-order valence-electron chi connectivity index (χ1n) is 4.56. The molecule has 0 radical (unpaired) electrons. The number of rotatable bonds is 3. The zero-order valence-corrected chi connectivity index (χ0v) is 7.79. The number of aliphatic hydroxyl groups is 1. The molecule has 0 spiro atoms. The molecule has 2 rings (SSSR count). The van der Waals surface area contributed by atoms with E-state index in [2.05, 4.69) is 6.07 Å². The van der Waals surface area contributed by atoms with Crippen molar-refractivity contribution in [2.75, 3.05) is 7.11 Å². The Morgan fingerprint density at radius 2 is 2.23 bits per heavy atom. The summed E-state index contributed by atoms with van der Waals surface area (Å²) in [5.41, 5.74) is 2.12. The first-order chi connectivity index (χ1) is 6.30. The summed E-state index contributed by atoms with van der Waals surface area (Å²) in [7, 11) is 1.75. The highest BCUT2D eigenvalue weighted by molar-refractivity contribution is 5.31. The first-order valence-corrected chi connectivity index (χ1v) is 4.56. The van der Waals surface area contributed by atoms with E-state index in [1.165, 1.54) is 5.56 Å². The van der Waals surface area contributed by atoms with Crippen molar-refractivity contribution in [3.63, 3.8) is 0 Å². The molecule has 0 unspecified atom stereocenters. The third kappa shape index (κ3) is 1.47. The molecule has 0 amide bonds. The van der Waals surface area contributed by atoms with Gasteiger partial charge in [-0.05, 0) is 24.0 Å². The lowest BCUT2D eigenvalue weighted by Crippen LogP contribution is -2.08. The van der Waals surface area contributed by atoms with Gasteiger partial charge in [-0.25, -0.2) is 0 Å². The quantitative estimate of drug-likeness (QED) is 0.765. The van der Waals surface area contributed by atoms with Crippen LogP contribution < -0.4 is 0 Å². The summed E-state index contributed by atoms with van der Waals surface area (Å²) in [6.07, 6.45) is 2.19. The molecule has 1 saturated carbocycles. The van der Waals surface area contributed by atoms with Crippen LogP contribution in [0.5, 0.6) is 0 Å². The van der Waals surface area contributed by atoms with Crippen molar-refractivity contribution in [2.24, 2.45) is 0 Å². The van der Waals surface area contributed by atoms with Crippen LogP contribution in [0.1, 0.15) is 24.0 Å². The van der Waals surface area contributed by atoms with Crippen LogP contribution >= 0.6 is 0 Å². The van der Waals surface area contributed by atoms with E-state index < -0.39 is 0 Å². The van der Waals surface area contributed by atoms with Crippen LogP contribution in [-0.2, 0) is 16.9 Å². The van der Waals surface area contributed by atoms with Gasteiger partial charge in [0.25, 0.3) is 0 Å². The Morgan fingerprint density at radius 3 is 2.77 bits per heavy atom. The minimum atomic E-state index is -0.0365. The van der Waals surface area contributed by atoms with Crippen molar-refractivity contribution in [3.8, 4) is 0 Å². The van der Waals surface area contributed by atoms with E-state index in [-0.39, 0.29) is 12.2 Å². The van der Waals surface area contributed by atoms with Crippen LogP contribution in [0.15, 0.2) is 24.3 Å². The van der Waals surface area contributed by atoms with Crippen LogP contribution in [-0.4, -0.2) is 12.2 Å². The Kier molecular flexibility index (Phi) is 2.10. The molecule has 13 heavy (non-hydrogen) atoms. The molecule has 0 saturated heterocycles. The first kappa shape index (κ1) is 8.73. The van der Waals surface area contributed by atoms with Crippen molar-refractivity contribution >= 4 is 0 Å². The smallest absolute Gasteiger partial charge is 0.0930 e. The zero-order valence-electron chi connectivity index (χ0n) is 7.79. The van der Waals surface area contributed by atoms with Gasteiger partial charge in [0, 0.05) is 7.11 Å². The van der Waals surface area contributed by atoms with Gasteiger partial charge in [0.1, 0.15) is 0 Å². The number of methoxy groups -OCH3 is 1. The van der Waals surface area contributed by atoms with Gasteiger partial charge < -0.3 is 9.84 Å². The van der Waals surface area contributed by atoms with Crippen LogP contribution in [0.4, 0.5) is 0 Å². The summed E-state index contributed by atoms with van der Waals surface area (Å²) in [6, 6.07) is 7.99. The summed E-state index contributed by atoms with van der Waals surface area (Å²) in [6.45, 7) is 0.105. The standard InChI is InChI=1S/C11H14O2/c1-13-11(5-6-11)10-4-2-3-9(7-10)8-12/h2-4,7,12H,5-6,8H2,1H3. The molecule has 2 heteroatoms. The number of aliphatic hydroxyl groups excluding tert-OH is 1. The van der Waals surface area contributed by atoms with Gasteiger partial charge in [0.05, 0.1) is 12.2 Å². The molecule has 1 aromatic carbocycles. The van der Waals surface area contributed by atoms with E-state index in [9.17, 15) is 0 Å². The van der Waals surface area contributed by atoms with Gasteiger partial charge in [0.15, 0.2) is 0 Å². The maximum Gasteiger partial charge on any atom is 0.0930 e. The van der Waals surface area contributed by atoms with Crippen LogP contribution in [0, 0.1) is 0 Å². The Labute approximate surface area is 78.2 Å². The van der Waals surface area contributed by atoms with E-state index in [1.807, 2.05) is 18.2 Å². The summed E-state index contributed by atoms with van der Waals surface area (Å²) < 4.78 is 5.45. The Hall–Kier alpha value is -0.860. The topological polar surface area (TPSA) is 29.5 Å². The number of benzene rings is 1. The fraction of sp³-hybridized carbons (Fsp3) is 0.455. The monoisotopic (exact) mass is 178 g/mol. The number of hydrogen-bond donors (Lipinski definition) is 1. The van der Waals surface area contributed by atoms with E-state index >= 15 is 0 Å². The second-order valence-corrected chi connectivity index (χ2v) is 3.56. The van der Waals surface area contributed by atoms with Gasteiger partial charge in [-0.2, -0.15) is 0 Å². The third-order valence-corrected chi connectivity index (χ3v) is 2.73. The fourth-order valence-electron chi connectivity index (χ4n) is 1.68. The van der Waals surface area contributed by atoms with Crippen molar-refractivity contribution in [1.29, 1.82) is 0 Å². The summed E-state index contributed by atoms with van der Waals surface area (Å²) in [4.78, 5) is 0. The normalized spacial score (nSPS) is 18.6. The second-order valence-electron chi connectivity index (χ2n) is 3.56. The highest BCUT2D eigenvalue weighted by atomic mass is 16.5. The molecule has 0 bridgehead atoms. The molecule has 2 nitrogen and oxygen atoms in total. The predicted molar refractivity (Wildman–Crippen MR) is 50.3 cm³/mol. The minimum absolute atomic E-state index is 0.0365. The van der Waals surface area contributed by atoms with E-state index in [1.54, 1.807) is 7.11 Å². The fourth-order valence-corrected chi connectivity index (χ4v) is 1.68. The molecule has 70 valence electrons. The SMILES string of the molecule is COC1(c2cccc(CO)c2)CC1. The van der Waals surface area contributed by atoms with Gasteiger partial charge in [-0.15, -0.1) is 0 Å². The Bertz CT molecular complexity index is 303. The van der Waals surface area contributed by atoms with Crippen LogP contribution in [0.3, 0.4) is 0 Å². The van der Waals surface area contributed by atoms with Gasteiger partial charge in [-0.3, -0.25) is 0 Å². The molecule has 0 aliphatic heterocycles. The Morgan fingerprint density at radius 1 is 1.46 bits per heavy atom. The highest BCUT2D eigenvalue weighted by Crippen LogP contribution is 2.48. The molecule has 1 N–H and O–H groups in total. The predicted octanol–water partition coefficient (Wildman–Crippen LogP) is 1.81. The minimum Gasteiger partial charge on any atom is -0.392 e. The van der Waals surface area contributed by atoms with Crippen molar-refractivity contribution in [3.05, 3.63) is 35.4 Å². The average molecular weight is 178 g/mol. The second kappa shape index (κ2) is 3.13. The molecular formula is C11H14O2. The molecule has 1 aliphatic rings. The molecular weight excluding hydrogens is 164 g/mol. The summed E-state index contributed by atoms with van der Waals surface area (Å²) >= 11 is 0. The lowest BCUT2D eigenvalue weighted by atomic mass is 10.0. The third-order valence-electron chi connectivity index (χ3n) is 2.73. The van der Waals surface area contributed by atoms with Gasteiger partial charge in [-0.1, -0.05) is 24.3 Å². The van der Waals surface area contributed by atoms with E-state index in [0.717, 1.165) is 18.4 Å². The van der Waals surface area contributed by atoms with E-state index in [4.69, 9.17) is 9.84 Å². The molecule has 1 fully saturated rings. The molecule has 0 heterocycles. The molecule has 1 aliphatic carbocycles. The van der Waals surface area contributed by atoms with Gasteiger partial charge >= 0.3 is 0 Å². The summed E-state index contributed by atoms with van der Waals surface area (Å²) in [5, 5.41) is 8.98. The lowest BCUT2D eigenvalue weighted by molar-refractivity contribution is 0.0787. The van der Waals surface area contributed by atoms with Gasteiger partial charge in [0.2, 0.25) is 0 Å². The van der Waals surface area contributed by atoms with Crippen molar-refractivity contribution < 1.29 is 9.84 Å². The van der Waals surface area contributed by atoms with Crippen LogP contribution in [0.2, 0.25) is 0 Å². The average Bonchev–Trinajstić information content (AvgIpc) is 2.99.